The van der Waals surface area contributed by atoms with Crippen molar-refractivity contribution in [1.82, 2.24) is 24.5 Å². The van der Waals surface area contributed by atoms with Crippen molar-refractivity contribution in [3.8, 4) is 51.0 Å². The summed E-state index contributed by atoms with van der Waals surface area (Å²) in [7, 11) is 0. The van der Waals surface area contributed by atoms with E-state index >= 15 is 0 Å². The van der Waals surface area contributed by atoms with Gasteiger partial charge in [-0.05, 0) is 53.6 Å². The zero-order valence-electron chi connectivity index (χ0n) is 27.0. The minimum absolute atomic E-state index is 0.629. The van der Waals surface area contributed by atoms with Crippen molar-refractivity contribution < 1.29 is 0 Å². The Balaban J connectivity index is 1.16. The first-order valence-corrected chi connectivity index (χ1v) is 16.8. The molecule has 0 aliphatic heterocycles. The monoisotopic (exact) mass is 639 g/mol. The molecule has 0 saturated carbocycles. The number of hydrogen-bond donors (Lipinski definition) is 1. The van der Waals surface area contributed by atoms with Gasteiger partial charge in [-0.2, -0.15) is 0 Å². The third kappa shape index (κ3) is 4.52. The van der Waals surface area contributed by atoms with Gasteiger partial charge in [0.05, 0.1) is 11.0 Å². The highest BCUT2D eigenvalue weighted by molar-refractivity contribution is 6.25. The molecule has 5 heteroatoms. The normalized spacial score (nSPS) is 11.6. The van der Waals surface area contributed by atoms with Crippen molar-refractivity contribution in [2.24, 2.45) is 0 Å². The Labute approximate surface area is 288 Å². The van der Waals surface area contributed by atoms with Crippen LogP contribution in [0.3, 0.4) is 0 Å². The minimum Gasteiger partial charge on any atom is -0.354 e. The van der Waals surface area contributed by atoms with Crippen molar-refractivity contribution >= 4 is 43.6 Å². The molecule has 50 heavy (non-hydrogen) atoms. The second-order valence-electron chi connectivity index (χ2n) is 12.5. The third-order valence-corrected chi connectivity index (χ3v) is 9.61. The van der Waals surface area contributed by atoms with E-state index in [9.17, 15) is 0 Å². The highest BCUT2D eigenvalue weighted by atomic mass is 15.0. The van der Waals surface area contributed by atoms with Crippen LogP contribution in [0.15, 0.2) is 170 Å². The lowest BCUT2D eigenvalue weighted by molar-refractivity contribution is 1.07. The number of nitrogens with zero attached hydrogens (tertiary/aromatic N) is 4. The SMILES string of the molecule is c1ccc(-c2nc(-c3ccc(-n4c5ccccc5c5ccc6[nH]c7ccccc7c6c54)cc3)nc(-c3ccccc3-c3ccccc3)n2)cc1. The zero-order chi connectivity index (χ0) is 33.0. The van der Waals surface area contributed by atoms with Gasteiger partial charge in [0.2, 0.25) is 0 Å². The van der Waals surface area contributed by atoms with Crippen LogP contribution in [0.25, 0.3) is 94.6 Å². The molecule has 234 valence electrons. The molecular formula is C45H29N5. The number of benzene rings is 7. The quantitative estimate of drug-likeness (QED) is 0.204. The maximum atomic E-state index is 5.11. The Hall–Kier alpha value is -6.85. The average molecular weight is 640 g/mol. The molecule has 0 aliphatic rings. The van der Waals surface area contributed by atoms with Crippen LogP contribution in [0, 0.1) is 0 Å². The van der Waals surface area contributed by atoms with Gasteiger partial charge in [0, 0.05) is 55.0 Å². The minimum atomic E-state index is 0.629. The zero-order valence-corrected chi connectivity index (χ0v) is 27.0. The second-order valence-corrected chi connectivity index (χ2v) is 12.5. The maximum absolute atomic E-state index is 5.11. The highest BCUT2D eigenvalue weighted by Gasteiger charge is 2.19. The van der Waals surface area contributed by atoms with E-state index in [1.54, 1.807) is 0 Å². The van der Waals surface area contributed by atoms with E-state index in [4.69, 9.17) is 15.0 Å². The Morgan fingerprint density at radius 1 is 0.380 bits per heavy atom. The molecule has 1 N–H and O–H groups in total. The van der Waals surface area contributed by atoms with E-state index in [0.717, 1.165) is 44.5 Å². The van der Waals surface area contributed by atoms with Crippen LogP contribution >= 0.6 is 0 Å². The smallest absolute Gasteiger partial charge is 0.164 e. The fraction of sp³-hybridized carbons (Fsp3) is 0. The largest absolute Gasteiger partial charge is 0.354 e. The van der Waals surface area contributed by atoms with Crippen molar-refractivity contribution in [3.63, 3.8) is 0 Å². The number of para-hydroxylation sites is 2. The number of nitrogens with one attached hydrogen (secondary N) is 1. The Bertz CT molecular complexity index is 2850. The topological polar surface area (TPSA) is 59.4 Å². The molecule has 3 heterocycles. The first-order valence-electron chi connectivity index (χ1n) is 16.8. The summed E-state index contributed by atoms with van der Waals surface area (Å²) in [6.45, 7) is 0. The lowest BCUT2D eigenvalue weighted by Gasteiger charge is -2.13. The van der Waals surface area contributed by atoms with Crippen LogP contribution in [0.5, 0.6) is 0 Å². The van der Waals surface area contributed by atoms with Crippen LogP contribution in [0.1, 0.15) is 0 Å². The van der Waals surface area contributed by atoms with Gasteiger partial charge in [-0.25, -0.2) is 15.0 Å². The van der Waals surface area contributed by atoms with E-state index in [0.29, 0.717) is 17.5 Å². The predicted octanol–water partition coefficient (Wildman–Crippen LogP) is 11.3. The van der Waals surface area contributed by atoms with Gasteiger partial charge < -0.3 is 9.55 Å². The summed E-state index contributed by atoms with van der Waals surface area (Å²) in [5, 5.41) is 4.90. The van der Waals surface area contributed by atoms with Gasteiger partial charge in [0.15, 0.2) is 17.5 Å². The summed E-state index contributed by atoms with van der Waals surface area (Å²) in [5.74, 6) is 1.91. The molecule has 0 unspecified atom stereocenters. The molecule has 0 fully saturated rings. The Morgan fingerprint density at radius 2 is 0.960 bits per heavy atom. The molecule has 10 rings (SSSR count). The summed E-state index contributed by atoms with van der Waals surface area (Å²) in [6.07, 6.45) is 0. The predicted molar refractivity (Wildman–Crippen MR) is 205 cm³/mol. The molecule has 0 bridgehead atoms. The van der Waals surface area contributed by atoms with Crippen LogP contribution in [0.2, 0.25) is 0 Å². The molecule has 0 spiro atoms. The second kappa shape index (κ2) is 11.4. The van der Waals surface area contributed by atoms with E-state index in [1.807, 2.05) is 42.5 Å². The van der Waals surface area contributed by atoms with Crippen LogP contribution in [-0.2, 0) is 0 Å². The van der Waals surface area contributed by atoms with E-state index in [2.05, 4.69) is 137 Å². The standard InChI is InChI=1S/C45H29N5/c1-3-13-29(14-4-1)33-17-7-8-19-36(33)45-48-43(30-15-5-2-6-16-30)47-44(49-45)31-23-25-32(26-24-31)50-40-22-12-10-18-34(40)35-27-28-39-41(42(35)50)37-20-9-11-21-38(37)46-39/h1-28,46H. The first kappa shape index (κ1) is 28.2. The molecule has 3 aromatic heterocycles. The molecule has 5 nitrogen and oxygen atoms in total. The number of rotatable bonds is 5. The van der Waals surface area contributed by atoms with Gasteiger partial charge >= 0.3 is 0 Å². The average Bonchev–Trinajstić information content (AvgIpc) is 3.74. The van der Waals surface area contributed by atoms with Crippen LogP contribution in [-0.4, -0.2) is 24.5 Å². The van der Waals surface area contributed by atoms with Crippen molar-refractivity contribution in [1.29, 1.82) is 0 Å². The summed E-state index contributed by atoms with van der Waals surface area (Å²) < 4.78 is 2.39. The molecule has 0 radical (unpaired) electrons. The molecule has 10 aromatic rings. The summed E-state index contributed by atoms with van der Waals surface area (Å²) >= 11 is 0. The Kier molecular flexibility index (Phi) is 6.42. The van der Waals surface area contributed by atoms with Crippen LogP contribution < -0.4 is 0 Å². The third-order valence-electron chi connectivity index (χ3n) is 9.61. The molecule has 0 amide bonds. The van der Waals surface area contributed by atoms with Gasteiger partial charge in [0.1, 0.15) is 0 Å². The highest BCUT2D eigenvalue weighted by Crippen LogP contribution is 2.40. The molecule has 0 aliphatic carbocycles. The molecule has 7 aromatic carbocycles. The fourth-order valence-corrected chi connectivity index (χ4v) is 7.31. The maximum Gasteiger partial charge on any atom is 0.164 e. The fourth-order valence-electron chi connectivity index (χ4n) is 7.31. The number of aromatic nitrogens is 5. The number of H-pyrrole nitrogens is 1. The van der Waals surface area contributed by atoms with E-state index < -0.39 is 0 Å². The van der Waals surface area contributed by atoms with E-state index in [1.165, 1.54) is 32.6 Å². The van der Waals surface area contributed by atoms with Gasteiger partial charge in [-0.1, -0.05) is 127 Å². The van der Waals surface area contributed by atoms with E-state index in [-0.39, 0.29) is 0 Å². The molecule has 0 atom stereocenters. The first-order chi connectivity index (χ1) is 24.8. The van der Waals surface area contributed by atoms with Crippen molar-refractivity contribution in [2.75, 3.05) is 0 Å². The van der Waals surface area contributed by atoms with Gasteiger partial charge in [0.25, 0.3) is 0 Å². The van der Waals surface area contributed by atoms with Gasteiger partial charge in [-0.3, -0.25) is 0 Å². The number of hydrogen-bond acceptors (Lipinski definition) is 3. The number of fused-ring (bicyclic) bond motifs is 7. The number of aromatic amines is 1. The van der Waals surface area contributed by atoms with Crippen LogP contribution in [0.4, 0.5) is 0 Å². The van der Waals surface area contributed by atoms with Crippen molar-refractivity contribution in [3.05, 3.63) is 170 Å². The summed E-state index contributed by atoms with van der Waals surface area (Å²) in [6, 6.07) is 59.1. The Morgan fingerprint density at radius 3 is 1.72 bits per heavy atom. The molecular weight excluding hydrogens is 611 g/mol. The lowest BCUT2D eigenvalue weighted by atomic mass is 9.99. The summed E-state index contributed by atoms with van der Waals surface area (Å²) in [5.41, 5.74) is 10.7. The lowest BCUT2D eigenvalue weighted by Crippen LogP contribution is -2.01. The van der Waals surface area contributed by atoms with Crippen molar-refractivity contribution in [2.45, 2.75) is 0 Å². The van der Waals surface area contributed by atoms with Gasteiger partial charge in [-0.15, -0.1) is 0 Å². The molecule has 0 saturated heterocycles. The summed E-state index contributed by atoms with van der Waals surface area (Å²) in [4.78, 5) is 18.8.